The van der Waals surface area contributed by atoms with E-state index >= 15 is 0 Å². The highest BCUT2D eigenvalue weighted by Gasteiger charge is 2.11. The molecule has 8 heteroatoms. The van der Waals surface area contributed by atoms with Gasteiger partial charge in [0, 0.05) is 25.7 Å². The normalized spacial score (nSPS) is 11.9. The zero-order chi connectivity index (χ0) is 36.1. The van der Waals surface area contributed by atoms with Crippen LogP contribution in [0.3, 0.4) is 0 Å². The van der Waals surface area contributed by atoms with Gasteiger partial charge in [0.15, 0.2) is 0 Å². The molecule has 280 valence electrons. The molecule has 8 nitrogen and oxygen atoms in total. The van der Waals surface area contributed by atoms with Crippen LogP contribution in [0.4, 0.5) is 0 Å². The van der Waals surface area contributed by atoms with Gasteiger partial charge in [0.05, 0.1) is 12.2 Å². The molecule has 2 unspecified atom stereocenters. The van der Waals surface area contributed by atoms with E-state index in [1.54, 1.807) is 0 Å². The Labute approximate surface area is 293 Å². The van der Waals surface area contributed by atoms with Gasteiger partial charge in [0.25, 0.3) is 0 Å². The van der Waals surface area contributed by atoms with Gasteiger partial charge >= 0.3 is 23.9 Å². The summed E-state index contributed by atoms with van der Waals surface area (Å²) in [6.45, 7) is 11.3. The summed E-state index contributed by atoms with van der Waals surface area (Å²) in [7, 11) is 0. The molecule has 0 aliphatic heterocycles. The number of aliphatic carboxylic acids is 2. The Hall–Kier alpha value is -2.64. The monoisotopic (exact) mass is 681 g/mol. The van der Waals surface area contributed by atoms with E-state index in [2.05, 4.69) is 13.2 Å². The number of unbranched alkanes of at least 4 members (excludes halogenated alkanes) is 18. The van der Waals surface area contributed by atoms with E-state index in [-0.39, 0.29) is 30.6 Å². The largest absolute Gasteiger partial charge is 0.481 e. The number of carbonyl (C=O) groups is 4. The molecule has 0 aromatic heterocycles. The van der Waals surface area contributed by atoms with Crippen LogP contribution in [-0.4, -0.2) is 46.3 Å². The Balaban J connectivity index is 0. The lowest BCUT2D eigenvalue weighted by atomic mass is 10.1. The molecular weight excluding hydrogens is 608 g/mol. The van der Waals surface area contributed by atoms with Gasteiger partial charge in [-0.3, -0.25) is 19.2 Å². The van der Waals surface area contributed by atoms with E-state index in [0.29, 0.717) is 19.3 Å². The maximum atomic E-state index is 12.0. The Bertz CT molecular complexity index is 809. The van der Waals surface area contributed by atoms with Crippen molar-refractivity contribution < 1.29 is 38.9 Å². The zero-order valence-electron chi connectivity index (χ0n) is 30.9. The molecule has 0 aromatic rings. The predicted octanol–water partition coefficient (Wildman–Crippen LogP) is 11.3. The molecule has 0 saturated carbocycles. The molecular formula is C40H72O8. The first-order valence-electron chi connectivity index (χ1n) is 19.2. The van der Waals surface area contributed by atoms with E-state index < -0.39 is 11.9 Å². The Morgan fingerprint density at radius 1 is 0.458 bits per heavy atom. The van der Waals surface area contributed by atoms with Crippen molar-refractivity contribution in [2.75, 3.05) is 0 Å². The summed E-state index contributed by atoms with van der Waals surface area (Å²) < 4.78 is 11.0. The standard InChI is InChI=1S/C30H54O6.C10H18O2/c1-4-5-6-7-8-14-19-24-29(33)35-27(3)22-17-12-10-15-20-25-30(34)36-26(2)21-16-11-9-13-18-23-28(31)32;1-2-3-4-5-6-7-8-9-10(11)12/h4,26-27H,1,5-25H2,2-3H3,(H,31,32);2H,1,3-9H2,(H,11,12). The SMILES string of the molecule is C=CCCCCCCCC(=O)O.C=CCCCCCCCC(=O)OC(C)CCCCCCCC(=O)OC(C)CCCCCCCC(=O)O. The van der Waals surface area contributed by atoms with E-state index in [1.807, 2.05) is 26.0 Å². The van der Waals surface area contributed by atoms with Crippen molar-refractivity contribution in [1.82, 2.24) is 0 Å². The van der Waals surface area contributed by atoms with Crippen LogP contribution in [0, 0.1) is 0 Å². The molecule has 0 amide bonds. The highest BCUT2D eigenvalue weighted by molar-refractivity contribution is 5.69. The highest BCUT2D eigenvalue weighted by Crippen LogP contribution is 2.15. The van der Waals surface area contributed by atoms with Crippen molar-refractivity contribution in [2.24, 2.45) is 0 Å². The summed E-state index contributed by atoms with van der Waals surface area (Å²) in [6.07, 6.45) is 30.1. The van der Waals surface area contributed by atoms with Crippen LogP contribution in [0.25, 0.3) is 0 Å². The molecule has 0 saturated heterocycles. The Morgan fingerprint density at radius 3 is 1.04 bits per heavy atom. The topological polar surface area (TPSA) is 127 Å². The van der Waals surface area contributed by atoms with Crippen molar-refractivity contribution in [3.63, 3.8) is 0 Å². The van der Waals surface area contributed by atoms with Gasteiger partial charge in [0.1, 0.15) is 0 Å². The summed E-state index contributed by atoms with van der Waals surface area (Å²) in [6, 6.07) is 0. The second-order valence-corrected chi connectivity index (χ2v) is 13.2. The van der Waals surface area contributed by atoms with Crippen molar-refractivity contribution in [2.45, 2.75) is 206 Å². The first-order chi connectivity index (χ1) is 23.1. The minimum atomic E-state index is -0.727. The Morgan fingerprint density at radius 2 is 0.729 bits per heavy atom. The summed E-state index contributed by atoms with van der Waals surface area (Å²) >= 11 is 0. The van der Waals surface area contributed by atoms with Crippen LogP contribution in [0.1, 0.15) is 194 Å². The second-order valence-electron chi connectivity index (χ2n) is 13.2. The van der Waals surface area contributed by atoms with Gasteiger partial charge in [-0.05, 0) is 90.9 Å². The maximum absolute atomic E-state index is 12.0. The molecule has 0 heterocycles. The van der Waals surface area contributed by atoms with Crippen molar-refractivity contribution in [3.8, 4) is 0 Å². The third-order valence-corrected chi connectivity index (χ3v) is 8.25. The average Bonchev–Trinajstić information content (AvgIpc) is 3.03. The number of ether oxygens (including phenoxy) is 2. The van der Waals surface area contributed by atoms with E-state index in [9.17, 15) is 19.2 Å². The van der Waals surface area contributed by atoms with Gasteiger partial charge in [0.2, 0.25) is 0 Å². The van der Waals surface area contributed by atoms with Crippen LogP contribution in [-0.2, 0) is 28.7 Å². The van der Waals surface area contributed by atoms with Crippen LogP contribution >= 0.6 is 0 Å². The molecule has 48 heavy (non-hydrogen) atoms. The lowest BCUT2D eigenvalue weighted by molar-refractivity contribution is -0.149. The minimum absolute atomic E-state index is 0.0219. The average molecular weight is 681 g/mol. The van der Waals surface area contributed by atoms with E-state index in [4.69, 9.17) is 19.7 Å². The molecule has 0 radical (unpaired) electrons. The number of rotatable bonds is 34. The minimum Gasteiger partial charge on any atom is -0.481 e. The second kappa shape index (κ2) is 37.2. The molecule has 0 aliphatic carbocycles. The molecule has 0 aromatic carbocycles. The van der Waals surface area contributed by atoms with Gasteiger partial charge < -0.3 is 19.7 Å². The third kappa shape index (κ3) is 41.4. The number of hydrogen-bond acceptors (Lipinski definition) is 6. The molecule has 0 aliphatic rings. The van der Waals surface area contributed by atoms with Gasteiger partial charge in [-0.1, -0.05) is 89.2 Å². The van der Waals surface area contributed by atoms with Gasteiger partial charge in [-0.25, -0.2) is 0 Å². The number of esters is 2. The third-order valence-electron chi connectivity index (χ3n) is 8.25. The molecule has 0 rings (SSSR count). The quantitative estimate of drug-likeness (QED) is 0.0390. The highest BCUT2D eigenvalue weighted by atomic mass is 16.5. The fourth-order valence-electron chi connectivity index (χ4n) is 5.34. The van der Waals surface area contributed by atoms with Crippen molar-refractivity contribution in [3.05, 3.63) is 25.3 Å². The van der Waals surface area contributed by atoms with Crippen molar-refractivity contribution in [1.29, 1.82) is 0 Å². The number of allylic oxidation sites excluding steroid dienone is 2. The number of carbonyl (C=O) groups excluding carboxylic acids is 2. The first kappa shape index (κ1) is 47.5. The zero-order valence-corrected chi connectivity index (χ0v) is 30.9. The van der Waals surface area contributed by atoms with Crippen LogP contribution < -0.4 is 0 Å². The number of hydrogen-bond donors (Lipinski definition) is 2. The smallest absolute Gasteiger partial charge is 0.306 e. The Kier molecular flexibility index (Phi) is 36.8. The summed E-state index contributed by atoms with van der Waals surface area (Å²) in [4.78, 5) is 44.5. The van der Waals surface area contributed by atoms with E-state index in [0.717, 1.165) is 122 Å². The molecule has 2 atom stereocenters. The summed E-state index contributed by atoms with van der Waals surface area (Å²) in [5.41, 5.74) is 0. The van der Waals surface area contributed by atoms with Gasteiger partial charge in [-0.15, -0.1) is 13.2 Å². The molecule has 0 fully saturated rings. The fraction of sp³-hybridized carbons (Fsp3) is 0.800. The number of carboxylic acid groups (broad SMARTS) is 2. The maximum Gasteiger partial charge on any atom is 0.306 e. The van der Waals surface area contributed by atoms with Gasteiger partial charge in [-0.2, -0.15) is 0 Å². The lowest BCUT2D eigenvalue weighted by Gasteiger charge is -2.14. The predicted molar refractivity (Wildman–Crippen MR) is 196 cm³/mol. The fourth-order valence-corrected chi connectivity index (χ4v) is 5.34. The molecule has 2 N–H and O–H groups in total. The van der Waals surface area contributed by atoms with Crippen LogP contribution in [0.15, 0.2) is 25.3 Å². The number of carboxylic acids is 2. The van der Waals surface area contributed by atoms with Crippen LogP contribution in [0.2, 0.25) is 0 Å². The lowest BCUT2D eigenvalue weighted by Crippen LogP contribution is -2.14. The summed E-state index contributed by atoms with van der Waals surface area (Å²) in [5, 5.41) is 17.0. The molecule has 0 spiro atoms. The van der Waals surface area contributed by atoms with Crippen molar-refractivity contribution >= 4 is 23.9 Å². The summed E-state index contributed by atoms with van der Waals surface area (Å²) in [5.74, 6) is -1.59. The first-order valence-corrected chi connectivity index (χ1v) is 19.2. The van der Waals surface area contributed by atoms with E-state index in [1.165, 1.54) is 32.1 Å². The molecule has 0 bridgehead atoms. The van der Waals surface area contributed by atoms with Crippen LogP contribution in [0.5, 0.6) is 0 Å².